The molecule has 26 heavy (non-hydrogen) atoms. The van der Waals surface area contributed by atoms with Crippen molar-refractivity contribution in [2.45, 2.75) is 30.7 Å². The first-order valence-corrected chi connectivity index (χ1v) is 9.24. The van der Waals surface area contributed by atoms with Crippen LogP contribution in [-0.2, 0) is 6.42 Å². The zero-order valence-corrected chi connectivity index (χ0v) is 15.5. The van der Waals surface area contributed by atoms with Crippen molar-refractivity contribution in [3.63, 3.8) is 0 Å². The van der Waals surface area contributed by atoms with Crippen LogP contribution < -0.4 is 4.74 Å². The fraction of sp³-hybridized carbons (Fsp3) is 0.250. The number of hydrogen-bond acceptors (Lipinski definition) is 6. The highest BCUT2D eigenvalue weighted by Gasteiger charge is 2.16. The Hall–Kier alpha value is -2.78. The normalized spacial score (nSPS) is 11.7. The lowest BCUT2D eigenvalue weighted by molar-refractivity contribution is 0.340. The molecule has 0 unspecified atom stereocenters. The van der Waals surface area contributed by atoms with Crippen molar-refractivity contribution in [1.29, 1.82) is 5.26 Å². The molecular formula is C20H19N3O2S. The van der Waals surface area contributed by atoms with Crippen molar-refractivity contribution in [3.8, 4) is 23.3 Å². The van der Waals surface area contributed by atoms with Crippen LogP contribution in [0, 0.1) is 18.3 Å². The van der Waals surface area contributed by atoms with Gasteiger partial charge >= 0.3 is 0 Å². The Labute approximate surface area is 157 Å². The maximum Gasteiger partial charge on any atom is 0.278 e. The van der Waals surface area contributed by atoms with E-state index in [1.165, 1.54) is 17.3 Å². The Balaban J connectivity index is 1.66. The molecular weight excluding hydrogens is 346 g/mol. The second kappa shape index (κ2) is 8.54. The Kier molecular flexibility index (Phi) is 5.92. The first kappa shape index (κ1) is 18.0. The molecule has 0 radical (unpaired) electrons. The summed E-state index contributed by atoms with van der Waals surface area (Å²) in [6, 6.07) is 18.0. The number of nitriles is 1. The van der Waals surface area contributed by atoms with E-state index in [2.05, 4.69) is 16.3 Å². The third-order valence-electron chi connectivity index (χ3n) is 3.75. The van der Waals surface area contributed by atoms with Crippen molar-refractivity contribution in [1.82, 2.24) is 10.2 Å². The number of aryl methyl sites for hydroxylation is 1. The standard InChI is InChI=1S/C20H19N3O2S/c1-3-24-17-10-8-16(9-11-17)19-22-23-20(25-19)26-18(13-21)12-15-6-4-14(2)5-7-15/h4-11,18H,3,12H2,1-2H3/t18-/m1/s1. The van der Waals surface area contributed by atoms with Gasteiger partial charge in [0.15, 0.2) is 0 Å². The molecule has 0 saturated heterocycles. The van der Waals surface area contributed by atoms with Crippen LogP contribution in [0.15, 0.2) is 58.2 Å². The summed E-state index contributed by atoms with van der Waals surface area (Å²) in [5.74, 6) is 1.23. The highest BCUT2D eigenvalue weighted by atomic mass is 32.2. The van der Waals surface area contributed by atoms with Crippen LogP contribution >= 0.6 is 11.8 Å². The van der Waals surface area contributed by atoms with Gasteiger partial charge in [-0.15, -0.1) is 10.2 Å². The molecule has 1 atom stereocenters. The van der Waals surface area contributed by atoms with Crippen molar-refractivity contribution in [2.24, 2.45) is 0 Å². The van der Waals surface area contributed by atoms with Gasteiger partial charge in [-0.25, -0.2) is 0 Å². The van der Waals surface area contributed by atoms with Crippen LogP contribution in [0.1, 0.15) is 18.1 Å². The van der Waals surface area contributed by atoms with Gasteiger partial charge in [-0.1, -0.05) is 29.8 Å². The van der Waals surface area contributed by atoms with E-state index in [9.17, 15) is 5.26 Å². The van der Waals surface area contributed by atoms with E-state index >= 15 is 0 Å². The van der Waals surface area contributed by atoms with Crippen LogP contribution in [0.5, 0.6) is 5.75 Å². The smallest absolute Gasteiger partial charge is 0.278 e. The predicted octanol–water partition coefficient (Wildman–Crippen LogP) is 4.67. The van der Waals surface area contributed by atoms with E-state index in [1.807, 2.05) is 62.4 Å². The van der Waals surface area contributed by atoms with Gasteiger partial charge in [-0.05, 0) is 61.9 Å². The number of hydrogen-bond donors (Lipinski definition) is 0. The number of rotatable bonds is 7. The molecule has 3 aromatic rings. The largest absolute Gasteiger partial charge is 0.494 e. The first-order valence-electron chi connectivity index (χ1n) is 8.36. The van der Waals surface area contributed by atoms with Crippen molar-refractivity contribution in [2.75, 3.05) is 6.61 Å². The highest BCUT2D eigenvalue weighted by molar-refractivity contribution is 7.99. The summed E-state index contributed by atoms with van der Waals surface area (Å²) in [6.07, 6.45) is 0.627. The van der Waals surface area contributed by atoms with Crippen LogP contribution in [0.4, 0.5) is 0 Å². The van der Waals surface area contributed by atoms with E-state index in [0.717, 1.165) is 16.9 Å². The molecule has 6 heteroatoms. The third kappa shape index (κ3) is 4.64. The molecule has 0 fully saturated rings. The molecule has 1 aromatic heterocycles. The van der Waals surface area contributed by atoms with Gasteiger partial charge in [0.1, 0.15) is 11.0 Å². The predicted molar refractivity (Wildman–Crippen MR) is 101 cm³/mol. The zero-order chi connectivity index (χ0) is 18.4. The quantitative estimate of drug-likeness (QED) is 0.567. The van der Waals surface area contributed by atoms with E-state index in [0.29, 0.717) is 24.1 Å². The molecule has 0 aliphatic carbocycles. The summed E-state index contributed by atoms with van der Waals surface area (Å²) in [7, 11) is 0. The maximum atomic E-state index is 9.43. The molecule has 0 N–H and O–H groups in total. The third-order valence-corrected chi connectivity index (χ3v) is 4.67. The topological polar surface area (TPSA) is 71.9 Å². The highest BCUT2D eigenvalue weighted by Crippen LogP contribution is 2.28. The number of benzene rings is 2. The zero-order valence-electron chi connectivity index (χ0n) is 14.7. The average molecular weight is 365 g/mol. The minimum Gasteiger partial charge on any atom is -0.494 e. The lowest BCUT2D eigenvalue weighted by Gasteiger charge is -2.06. The van der Waals surface area contributed by atoms with Gasteiger partial charge in [0.05, 0.1) is 12.7 Å². The fourth-order valence-electron chi connectivity index (χ4n) is 2.41. The minimum absolute atomic E-state index is 0.286. The number of thioether (sulfide) groups is 1. The van der Waals surface area contributed by atoms with Gasteiger partial charge in [0.2, 0.25) is 5.89 Å². The Morgan fingerprint density at radius 1 is 1.12 bits per heavy atom. The lowest BCUT2D eigenvalue weighted by atomic mass is 10.1. The Bertz CT molecular complexity index is 883. The van der Waals surface area contributed by atoms with Crippen LogP contribution in [0.25, 0.3) is 11.5 Å². The molecule has 0 saturated carbocycles. The van der Waals surface area contributed by atoms with E-state index < -0.39 is 0 Å². The lowest BCUT2D eigenvalue weighted by Crippen LogP contribution is -2.03. The monoisotopic (exact) mass is 365 g/mol. The summed E-state index contributed by atoms with van der Waals surface area (Å²) >= 11 is 1.29. The molecule has 1 heterocycles. The summed E-state index contributed by atoms with van der Waals surface area (Å²) < 4.78 is 11.1. The number of nitrogens with zero attached hydrogens (tertiary/aromatic N) is 3. The summed E-state index contributed by atoms with van der Waals surface area (Å²) in [5, 5.41) is 17.7. The summed E-state index contributed by atoms with van der Waals surface area (Å²) in [6.45, 7) is 4.61. The molecule has 0 spiro atoms. The molecule has 0 amide bonds. The van der Waals surface area contributed by atoms with Crippen molar-refractivity contribution >= 4 is 11.8 Å². The van der Waals surface area contributed by atoms with Crippen LogP contribution in [-0.4, -0.2) is 22.1 Å². The first-order chi connectivity index (χ1) is 12.7. The molecule has 132 valence electrons. The second-order valence-electron chi connectivity index (χ2n) is 5.76. The fourth-order valence-corrected chi connectivity index (χ4v) is 3.19. The molecule has 3 rings (SSSR count). The second-order valence-corrected chi connectivity index (χ2v) is 6.91. The van der Waals surface area contributed by atoms with Gasteiger partial charge in [0, 0.05) is 5.56 Å². The van der Waals surface area contributed by atoms with Gasteiger partial charge in [0.25, 0.3) is 5.22 Å². The Morgan fingerprint density at radius 2 is 1.85 bits per heavy atom. The van der Waals surface area contributed by atoms with E-state index in [4.69, 9.17) is 9.15 Å². The van der Waals surface area contributed by atoms with Crippen molar-refractivity contribution in [3.05, 3.63) is 59.7 Å². The van der Waals surface area contributed by atoms with Gasteiger partial charge in [-0.3, -0.25) is 0 Å². The van der Waals surface area contributed by atoms with Crippen molar-refractivity contribution < 1.29 is 9.15 Å². The van der Waals surface area contributed by atoms with Gasteiger partial charge < -0.3 is 9.15 Å². The molecule has 0 bridgehead atoms. The average Bonchev–Trinajstić information content (AvgIpc) is 3.12. The van der Waals surface area contributed by atoms with E-state index in [-0.39, 0.29) is 5.25 Å². The van der Waals surface area contributed by atoms with Crippen LogP contribution in [0.2, 0.25) is 0 Å². The maximum absolute atomic E-state index is 9.43. The number of aromatic nitrogens is 2. The summed E-state index contributed by atoms with van der Waals surface area (Å²) in [4.78, 5) is 0. The molecule has 0 aliphatic heterocycles. The SMILES string of the molecule is CCOc1ccc(-c2nnc(S[C@@H](C#N)Cc3ccc(C)cc3)o2)cc1. The molecule has 0 aliphatic rings. The minimum atomic E-state index is -0.286. The summed E-state index contributed by atoms with van der Waals surface area (Å²) in [5.41, 5.74) is 3.13. The molecule has 5 nitrogen and oxygen atoms in total. The van der Waals surface area contributed by atoms with Gasteiger partial charge in [-0.2, -0.15) is 5.26 Å². The molecule has 2 aromatic carbocycles. The van der Waals surface area contributed by atoms with E-state index in [1.54, 1.807) is 0 Å². The Morgan fingerprint density at radius 3 is 2.50 bits per heavy atom. The van der Waals surface area contributed by atoms with Crippen LogP contribution in [0.3, 0.4) is 0 Å². The number of ether oxygens (including phenoxy) is 1.